The lowest BCUT2D eigenvalue weighted by Crippen LogP contribution is -1.98. The van der Waals surface area contributed by atoms with Crippen molar-refractivity contribution in [3.8, 4) is 10.7 Å². The van der Waals surface area contributed by atoms with Crippen LogP contribution in [0, 0.1) is 0 Å². The highest BCUT2D eigenvalue weighted by Gasteiger charge is 2.11. The first-order valence-corrected chi connectivity index (χ1v) is 5.34. The molecule has 0 aliphatic carbocycles. The monoisotopic (exact) mass is 250 g/mol. The van der Waals surface area contributed by atoms with Crippen LogP contribution in [0.4, 0.5) is 0 Å². The maximum atomic E-state index is 10.6. The van der Waals surface area contributed by atoms with E-state index in [0.29, 0.717) is 10.7 Å². The predicted molar refractivity (Wildman–Crippen MR) is 59.3 cm³/mol. The van der Waals surface area contributed by atoms with Crippen molar-refractivity contribution in [3.63, 3.8) is 0 Å². The molecule has 2 heterocycles. The summed E-state index contributed by atoms with van der Waals surface area (Å²) in [4.78, 5) is 29.0. The van der Waals surface area contributed by atoms with E-state index in [1.165, 1.54) is 23.7 Å². The van der Waals surface area contributed by atoms with E-state index in [0.717, 1.165) is 11.3 Å². The molecule has 17 heavy (non-hydrogen) atoms. The highest BCUT2D eigenvalue weighted by molar-refractivity contribution is 7.13. The van der Waals surface area contributed by atoms with Crippen molar-refractivity contribution in [3.05, 3.63) is 35.0 Å². The molecule has 0 atom stereocenters. The van der Waals surface area contributed by atoms with E-state index in [1.54, 1.807) is 0 Å². The molecular formula is C10H6N2O4S. The first-order valence-electron chi connectivity index (χ1n) is 4.46. The largest absolute Gasteiger partial charge is 0.478 e. The van der Waals surface area contributed by atoms with Crippen molar-refractivity contribution in [2.45, 2.75) is 0 Å². The van der Waals surface area contributed by atoms with Gasteiger partial charge >= 0.3 is 11.9 Å². The van der Waals surface area contributed by atoms with Gasteiger partial charge in [-0.3, -0.25) is 4.98 Å². The Balaban J connectivity index is 2.33. The molecule has 0 fully saturated rings. The van der Waals surface area contributed by atoms with E-state index < -0.39 is 11.9 Å². The minimum Gasteiger partial charge on any atom is -0.478 e. The van der Waals surface area contributed by atoms with Crippen molar-refractivity contribution in [1.82, 2.24) is 9.97 Å². The van der Waals surface area contributed by atoms with Crippen LogP contribution in [0.5, 0.6) is 0 Å². The number of hydrogen-bond acceptors (Lipinski definition) is 5. The molecule has 2 aromatic rings. The summed E-state index contributed by atoms with van der Waals surface area (Å²) in [5.41, 5.74) is 0.477. The number of aromatic carboxylic acids is 2. The van der Waals surface area contributed by atoms with Gasteiger partial charge in [0.2, 0.25) is 0 Å². The van der Waals surface area contributed by atoms with Crippen molar-refractivity contribution in [2.24, 2.45) is 0 Å². The SMILES string of the molecule is O=C(O)c1ccc(-c2nc(C(=O)O)cs2)nc1. The Labute approximate surface area is 99.2 Å². The average molecular weight is 250 g/mol. The van der Waals surface area contributed by atoms with Gasteiger partial charge < -0.3 is 10.2 Å². The maximum absolute atomic E-state index is 10.6. The summed E-state index contributed by atoms with van der Waals surface area (Å²) >= 11 is 1.14. The van der Waals surface area contributed by atoms with Crippen LogP contribution in [0.1, 0.15) is 20.8 Å². The van der Waals surface area contributed by atoms with E-state index in [9.17, 15) is 9.59 Å². The number of carbonyl (C=O) groups is 2. The van der Waals surface area contributed by atoms with Gasteiger partial charge in [-0.2, -0.15) is 0 Å². The van der Waals surface area contributed by atoms with Gasteiger partial charge in [-0.1, -0.05) is 0 Å². The molecule has 0 aliphatic heterocycles. The lowest BCUT2D eigenvalue weighted by Gasteiger charge is -1.96. The van der Waals surface area contributed by atoms with Crippen molar-refractivity contribution < 1.29 is 19.8 Å². The molecule has 0 aromatic carbocycles. The molecule has 0 bridgehead atoms. The standard InChI is InChI=1S/C10H6N2O4S/c13-9(14)5-1-2-6(11-3-5)8-12-7(4-17-8)10(15)16/h1-4H,(H,13,14)(H,15,16). The van der Waals surface area contributed by atoms with Gasteiger partial charge in [0.25, 0.3) is 0 Å². The van der Waals surface area contributed by atoms with E-state index >= 15 is 0 Å². The molecule has 0 saturated carbocycles. The number of aromatic nitrogens is 2. The summed E-state index contributed by atoms with van der Waals surface area (Å²) < 4.78 is 0. The lowest BCUT2D eigenvalue weighted by molar-refractivity contribution is 0.0683. The average Bonchev–Trinajstić information content (AvgIpc) is 2.78. The fourth-order valence-corrected chi connectivity index (χ4v) is 1.91. The van der Waals surface area contributed by atoms with Crippen LogP contribution in [0.15, 0.2) is 23.7 Å². The Morgan fingerprint density at radius 2 is 1.94 bits per heavy atom. The van der Waals surface area contributed by atoms with E-state index in [1.807, 2.05) is 0 Å². The molecule has 0 spiro atoms. The summed E-state index contributed by atoms with van der Waals surface area (Å²) in [7, 11) is 0. The third kappa shape index (κ3) is 2.28. The molecule has 7 heteroatoms. The number of nitrogens with zero attached hydrogens (tertiary/aromatic N) is 2. The summed E-state index contributed by atoms with van der Waals surface area (Å²) in [6.45, 7) is 0. The zero-order valence-corrected chi connectivity index (χ0v) is 9.14. The highest BCUT2D eigenvalue weighted by Crippen LogP contribution is 2.21. The molecule has 86 valence electrons. The van der Waals surface area contributed by atoms with Gasteiger partial charge in [-0.25, -0.2) is 14.6 Å². The fraction of sp³-hybridized carbons (Fsp3) is 0. The molecule has 6 nitrogen and oxygen atoms in total. The van der Waals surface area contributed by atoms with E-state index in [4.69, 9.17) is 10.2 Å². The Morgan fingerprint density at radius 1 is 1.18 bits per heavy atom. The molecule has 0 amide bonds. The second kappa shape index (κ2) is 4.30. The quantitative estimate of drug-likeness (QED) is 0.858. The third-order valence-electron chi connectivity index (χ3n) is 1.95. The normalized spacial score (nSPS) is 10.1. The van der Waals surface area contributed by atoms with Crippen molar-refractivity contribution in [1.29, 1.82) is 0 Å². The van der Waals surface area contributed by atoms with Crippen molar-refractivity contribution >= 4 is 23.3 Å². The minimum atomic E-state index is -1.10. The number of hydrogen-bond donors (Lipinski definition) is 2. The van der Waals surface area contributed by atoms with Crippen molar-refractivity contribution in [2.75, 3.05) is 0 Å². The Kier molecular flexibility index (Phi) is 2.84. The number of thiazole rings is 1. The van der Waals surface area contributed by atoms with Crippen LogP contribution in [0.2, 0.25) is 0 Å². The van der Waals surface area contributed by atoms with Gasteiger partial charge in [-0.15, -0.1) is 11.3 Å². The summed E-state index contributed by atoms with van der Waals surface area (Å²) in [5.74, 6) is -2.16. The summed E-state index contributed by atoms with van der Waals surface area (Å²) in [6, 6.07) is 2.89. The van der Waals surface area contributed by atoms with E-state index in [2.05, 4.69) is 9.97 Å². The zero-order chi connectivity index (χ0) is 12.4. The van der Waals surface area contributed by atoms with Gasteiger partial charge in [0, 0.05) is 11.6 Å². The molecule has 0 aliphatic rings. The second-order valence-electron chi connectivity index (χ2n) is 3.08. The molecular weight excluding hydrogens is 244 g/mol. The van der Waals surface area contributed by atoms with Crippen LogP contribution in [0.25, 0.3) is 10.7 Å². The third-order valence-corrected chi connectivity index (χ3v) is 2.82. The topological polar surface area (TPSA) is 100 Å². The summed E-state index contributed by atoms with van der Waals surface area (Å²) in [5, 5.41) is 19.3. The lowest BCUT2D eigenvalue weighted by atomic mass is 10.2. The molecule has 0 saturated heterocycles. The highest BCUT2D eigenvalue weighted by atomic mass is 32.1. The number of carboxylic acids is 2. The van der Waals surface area contributed by atoms with Gasteiger partial charge in [0.05, 0.1) is 11.3 Å². The van der Waals surface area contributed by atoms with Gasteiger partial charge in [0.15, 0.2) is 5.69 Å². The molecule has 2 aromatic heterocycles. The first kappa shape index (κ1) is 11.2. The van der Waals surface area contributed by atoms with E-state index in [-0.39, 0.29) is 11.3 Å². The van der Waals surface area contributed by atoms with Crippen LogP contribution in [-0.2, 0) is 0 Å². The molecule has 2 rings (SSSR count). The smallest absolute Gasteiger partial charge is 0.355 e. The molecule has 0 radical (unpaired) electrons. The van der Waals surface area contributed by atoms with Crippen LogP contribution in [0.3, 0.4) is 0 Å². The minimum absolute atomic E-state index is 0.0471. The Bertz CT molecular complexity index is 576. The van der Waals surface area contributed by atoms with Gasteiger partial charge in [-0.05, 0) is 12.1 Å². The Morgan fingerprint density at radius 3 is 2.41 bits per heavy atom. The zero-order valence-electron chi connectivity index (χ0n) is 8.32. The summed E-state index contributed by atoms with van der Waals surface area (Å²) in [6.07, 6.45) is 1.21. The van der Waals surface area contributed by atoms with Crippen LogP contribution < -0.4 is 0 Å². The van der Waals surface area contributed by atoms with Crippen LogP contribution in [-0.4, -0.2) is 32.1 Å². The second-order valence-corrected chi connectivity index (χ2v) is 3.94. The predicted octanol–water partition coefficient (Wildman–Crippen LogP) is 1.60. The van der Waals surface area contributed by atoms with Gasteiger partial charge in [0.1, 0.15) is 5.01 Å². The number of rotatable bonds is 3. The molecule has 0 unspecified atom stereocenters. The number of carboxylic acid groups (broad SMARTS) is 2. The maximum Gasteiger partial charge on any atom is 0.355 e. The fourth-order valence-electron chi connectivity index (χ4n) is 1.14. The first-order chi connectivity index (χ1) is 8.08. The Hall–Kier alpha value is -2.28. The van der Waals surface area contributed by atoms with Crippen LogP contribution >= 0.6 is 11.3 Å². The molecule has 2 N–H and O–H groups in total. The number of pyridine rings is 1.